The van der Waals surface area contributed by atoms with Crippen LogP contribution in [0.4, 0.5) is 14.5 Å². The van der Waals surface area contributed by atoms with E-state index in [0.29, 0.717) is 0 Å². The Morgan fingerprint density at radius 2 is 2.28 bits per heavy atom. The van der Waals surface area contributed by atoms with Crippen LogP contribution in [0.25, 0.3) is 0 Å². The van der Waals surface area contributed by atoms with E-state index >= 15 is 0 Å². The van der Waals surface area contributed by atoms with E-state index in [-0.39, 0.29) is 15.7 Å². The Morgan fingerprint density at radius 1 is 1.67 bits per heavy atom. The van der Waals surface area contributed by atoms with E-state index in [2.05, 4.69) is 9.72 Å². The van der Waals surface area contributed by atoms with Crippen LogP contribution in [0.3, 0.4) is 0 Å². The molecule has 98 valence electrons. The third kappa shape index (κ3) is 3.31. The molecular weight excluding hydrogens is 365 g/mol. The van der Waals surface area contributed by atoms with Gasteiger partial charge in [0.2, 0.25) is 0 Å². The van der Waals surface area contributed by atoms with E-state index in [4.69, 9.17) is 0 Å². The number of aromatic nitrogens is 1. The first-order chi connectivity index (χ1) is 8.36. The van der Waals surface area contributed by atoms with E-state index in [9.17, 15) is 23.7 Å². The minimum atomic E-state index is -3.09. The van der Waals surface area contributed by atoms with Gasteiger partial charge in [0.15, 0.2) is 5.69 Å². The number of carbonyl (C=O) groups is 1. The van der Waals surface area contributed by atoms with Crippen molar-refractivity contribution in [1.29, 1.82) is 0 Å². The number of esters is 1. The Kier molecular flexibility index (Phi) is 4.87. The molecule has 0 saturated carbocycles. The average Bonchev–Trinajstić information content (AvgIpc) is 2.27. The largest absolute Gasteiger partial charge is 0.469 e. The highest BCUT2D eigenvalue weighted by atomic mass is 127. The van der Waals surface area contributed by atoms with Crippen LogP contribution in [-0.2, 0) is 16.0 Å². The van der Waals surface area contributed by atoms with Crippen molar-refractivity contribution in [3.8, 4) is 0 Å². The van der Waals surface area contributed by atoms with E-state index in [1.54, 1.807) is 22.6 Å². The fourth-order valence-corrected chi connectivity index (χ4v) is 2.05. The smallest absolute Gasteiger partial charge is 0.311 e. The van der Waals surface area contributed by atoms with Gasteiger partial charge < -0.3 is 4.74 Å². The lowest BCUT2D eigenvalue weighted by Crippen LogP contribution is -2.10. The molecule has 6 nitrogen and oxygen atoms in total. The van der Waals surface area contributed by atoms with Crippen LogP contribution in [0.1, 0.15) is 17.8 Å². The van der Waals surface area contributed by atoms with Crippen LogP contribution >= 0.6 is 22.6 Å². The summed E-state index contributed by atoms with van der Waals surface area (Å²) < 4.78 is 29.7. The predicted octanol–water partition coefficient (Wildman–Crippen LogP) is 2.25. The molecule has 0 radical (unpaired) electrons. The fraction of sp³-hybridized carbons (Fsp3) is 0.333. The number of methoxy groups -OCH3 is 1. The first-order valence-electron chi connectivity index (χ1n) is 4.55. The molecule has 1 rings (SSSR count). The zero-order valence-corrected chi connectivity index (χ0v) is 11.2. The van der Waals surface area contributed by atoms with Gasteiger partial charge in [-0.1, -0.05) is 0 Å². The third-order valence-corrected chi connectivity index (χ3v) is 2.79. The second-order valence-electron chi connectivity index (χ2n) is 3.14. The monoisotopic (exact) mass is 372 g/mol. The third-order valence-electron chi connectivity index (χ3n) is 1.97. The average molecular weight is 372 g/mol. The van der Waals surface area contributed by atoms with Gasteiger partial charge in [-0.25, -0.2) is 13.8 Å². The van der Waals surface area contributed by atoms with Gasteiger partial charge in [-0.15, -0.1) is 0 Å². The van der Waals surface area contributed by atoms with Crippen LogP contribution in [0.5, 0.6) is 0 Å². The van der Waals surface area contributed by atoms with Crippen LogP contribution in [0.2, 0.25) is 0 Å². The summed E-state index contributed by atoms with van der Waals surface area (Å²) in [5, 5.41) is 10.7. The number of halogens is 3. The number of carbonyl (C=O) groups excluding carboxylic acids is 1. The quantitative estimate of drug-likeness (QED) is 0.351. The highest BCUT2D eigenvalue weighted by Gasteiger charge is 2.28. The van der Waals surface area contributed by atoms with E-state index < -0.39 is 28.7 Å². The Hall–Kier alpha value is -1.39. The maximum absolute atomic E-state index is 12.7. The van der Waals surface area contributed by atoms with Crippen molar-refractivity contribution in [2.75, 3.05) is 7.11 Å². The molecule has 1 aromatic heterocycles. The van der Waals surface area contributed by atoms with Crippen molar-refractivity contribution in [2.24, 2.45) is 0 Å². The number of hydrogen-bond acceptors (Lipinski definition) is 5. The molecule has 0 unspecified atom stereocenters. The summed E-state index contributed by atoms with van der Waals surface area (Å²) in [6.45, 7) is 0. The minimum absolute atomic E-state index is 0.00167. The molecule has 0 aliphatic rings. The molecule has 0 bridgehead atoms. The van der Waals surface area contributed by atoms with E-state index in [1.807, 2.05) is 0 Å². The summed E-state index contributed by atoms with van der Waals surface area (Å²) in [7, 11) is 1.15. The molecule has 1 aromatic rings. The minimum Gasteiger partial charge on any atom is -0.469 e. The van der Waals surface area contributed by atoms with Gasteiger partial charge in [0.1, 0.15) is 0 Å². The maximum atomic E-state index is 12.7. The molecule has 0 amide bonds. The van der Waals surface area contributed by atoms with Gasteiger partial charge in [0.05, 0.1) is 27.7 Å². The SMILES string of the molecule is COC(=O)Cc1cc(I)c([N+](=O)[O-])c(C(F)F)n1. The van der Waals surface area contributed by atoms with Crippen molar-refractivity contribution >= 4 is 34.2 Å². The summed E-state index contributed by atoms with van der Waals surface area (Å²) in [6, 6.07) is 1.21. The summed E-state index contributed by atoms with van der Waals surface area (Å²) in [5.41, 5.74) is -1.67. The zero-order chi connectivity index (χ0) is 13.9. The number of pyridine rings is 1. The molecule has 0 N–H and O–H groups in total. The molecule has 0 aliphatic carbocycles. The molecule has 9 heteroatoms. The van der Waals surface area contributed by atoms with Crippen LogP contribution in [0, 0.1) is 13.7 Å². The van der Waals surface area contributed by atoms with Crippen molar-refractivity contribution in [3.63, 3.8) is 0 Å². The van der Waals surface area contributed by atoms with Gasteiger partial charge in [-0.05, 0) is 28.7 Å². The second kappa shape index (κ2) is 5.98. The van der Waals surface area contributed by atoms with Gasteiger partial charge in [0.25, 0.3) is 6.43 Å². The second-order valence-corrected chi connectivity index (χ2v) is 4.30. The molecule has 0 fully saturated rings. The zero-order valence-electron chi connectivity index (χ0n) is 9.02. The number of alkyl halides is 2. The number of ether oxygens (including phenoxy) is 1. The van der Waals surface area contributed by atoms with Gasteiger partial charge >= 0.3 is 11.7 Å². The van der Waals surface area contributed by atoms with Crippen LogP contribution < -0.4 is 0 Å². The molecule has 0 spiro atoms. The summed E-state index contributed by atoms with van der Waals surface area (Å²) >= 11 is 1.55. The Labute approximate surface area is 114 Å². The Bertz CT molecular complexity index is 496. The Balaban J connectivity index is 3.27. The van der Waals surface area contributed by atoms with Crippen molar-refractivity contribution in [1.82, 2.24) is 4.98 Å². The first kappa shape index (κ1) is 14.7. The van der Waals surface area contributed by atoms with Crippen molar-refractivity contribution in [2.45, 2.75) is 12.8 Å². The Morgan fingerprint density at radius 3 is 2.72 bits per heavy atom. The molecule has 0 saturated heterocycles. The maximum Gasteiger partial charge on any atom is 0.311 e. The number of rotatable bonds is 4. The van der Waals surface area contributed by atoms with E-state index in [0.717, 1.165) is 7.11 Å². The molecule has 0 atom stereocenters. The lowest BCUT2D eigenvalue weighted by Gasteiger charge is -2.06. The lowest BCUT2D eigenvalue weighted by atomic mass is 10.2. The van der Waals surface area contributed by atoms with E-state index in [1.165, 1.54) is 6.07 Å². The fourth-order valence-electron chi connectivity index (χ4n) is 1.22. The molecule has 18 heavy (non-hydrogen) atoms. The molecule has 0 aliphatic heterocycles. The summed E-state index contributed by atoms with van der Waals surface area (Å²) in [4.78, 5) is 24.2. The highest BCUT2D eigenvalue weighted by molar-refractivity contribution is 14.1. The number of hydrogen-bond donors (Lipinski definition) is 0. The summed E-state index contributed by atoms with van der Waals surface area (Å²) in [5.74, 6) is -0.660. The number of nitro groups is 1. The van der Waals surface area contributed by atoms with Gasteiger partial charge in [-0.3, -0.25) is 14.9 Å². The van der Waals surface area contributed by atoms with Crippen molar-refractivity contribution < 1.29 is 23.2 Å². The first-order valence-corrected chi connectivity index (χ1v) is 5.63. The van der Waals surface area contributed by atoms with Crippen LogP contribution in [-0.4, -0.2) is 23.0 Å². The standard InChI is InChI=1S/C9H7F2IN2O4/c1-18-6(15)3-4-2-5(12)8(14(16)17)7(13-4)9(10)11/h2,9H,3H2,1H3. The highest BCUT2D eigenvalue weighted by Crippen LogP contribution is 2.31. The molecule has 1 heterocycles. The van der Waals surface area contributed by atoms with Crippen molar-refractivity contribution in [3.05, 3.63) is 31.1 Å². The van der Waals surface area contributed by atoms with Crippen LogP contribution in [0.15, 0.2) is 6.07 Å². The predicted molar refractivity (Wildman–Crippen MR) is 64.3 cm³/mol. The number of nitrogens with zero attached hydrogens (tertiary/aromatic N) is 2. The van der Waals surface area contributed by atoms with Gasteiger partial charge in [-0.2, -0.15) is 0 Å². The summed E-state index contributed by atoms with van der Waals surface area (Å²) in [6.07, 6.45) is -3.40. The molecular formula is C9H7F2IN2O4. The van der Waals surface area contributed by atoms with Gasteiger partial charge in [0, 0.05) is 0 Å². The molecule has 0 aromatic carbocycles. The topological polar surface area (TPSA) is 82.3 Å². The normalized spacial score (nSPS) is 10.5. The lowest BCUT2D eigenvalue weighted by molar-refractivity contribution is -0.387.